The first kappa shape index (κ1) is 22.7. The lowest BCUT2D eigenvalue weighted by Crippen LogP contribution is -2.15. The number of phenolic OH excluding ortho intramolecular Hbond substituents is 1. The van der Waals surface area contributed by atoms with Gasteiger partial charge >= 0.3 is 5.97 Å². The molecule has 1 N–H and O–H groups in total. The van der Waals surface area contributed by atoms with Crippen LogP contribution in [0.15, 0.2) is 45.8 Å². The summed E-state index contributed by atoms with van der Waals surface area (Å²) >= 11 is 5.16. The number of hydrogen-bond donors (Lipinski definition) is 1. The minimum absolute atomic E-state index is 0.183. The Morgan fingerprint density at radius 2 is 1.97 bits per heavy atom. The van der Waals surface area contributed by atoms with Crippen molar-refractivity contribution in [1.29, 1.82) is 0 Å². The number of fused-ring (bicyclic) bond motifs is 1. The van der Waals surface area contributed by atoms with E-state index in [1.165, 1.54) is 0 Å². The van der Waals surface area contributed by atoms with Crippen LogP contribution in [-0.4, -0.2) is 47.8 Å². The maximum atomic E-state index is 13.0. The van der Waals surface area contributed by atoms with Crippen molar-refractivity contribution >= 4 is 44.6 Å². The summed E-state index contributed by atoms with van der Waals surface area (Å²) < 4.78 is 8.10. The summed E-state index contributed by atoms with van der Waals surface area (Å²) in [5.41, 5.74) is 3.11. The molecule has 1 aromatic heterocycles. The third-order valence-corrected chi connectivity index (χ3v) is 6.67. The van der Waals surface area contributed by atoms with Crippen molar-refractivity contribution in [2.45, 2.75) is 24.0 Å². The number of thioether (sulfide) groups is 1. The van der Waals surface area contributed by atoms with Gasteiger partial charge in [0.15, 0.2) is 0 Å². The number of aryl methyl sites for hydroxylation is 1. The highest BCUT2D eigenvalue weighted by Crippen LogP contribution is 2.40. The summed E-state index contributed by atoms with van der Waals surface area (Å²) in [6.45, 7) is 2.86. The van der Waals surface area contributed by atoms with Crippen LogP contribution in [0.2, 0.25) is 0 Å². The number of aromatic hydroxyl groups is 1. The summed E-state index contributed by atoms with van der Waals surface area (Å²) in [7, 11) is 5.95. The van der Waals surface area contributed by atoms with Crippen LogP contribution in [0.25, 0.3) is 10.9 Å². The zero-order valence-corrected chi connectivity index (χ0v) is 20.1. The SMILES string of the molecule is CCOC(=O)c1c(CSc2ccccc2)n(C)c2cc(Br)c(O)c(CCN(C)C)c12. The van der Waals surface area contributed by atoms with Crippen molar-refractivity contribution in [1.82, 2.24) is 9.47 Å². The number of carbonyl (C=O) groups excluding carboxylic acids is 1. The Morgan fingerprint density at radius 3 is 2.60 bits per heavy atom. The molecule has 0 radical (unpaired) electrons. The van der Waals surface area contributed by atoms with Crippen molar-refractivity contribution in [2.75, 3.05) is 27.2 Å². The quantitative estimate of drug-likeness (QED) is 0.346. The molecule has 3 aromatic rings. The van der Waals surface area contributed by atoms with Gasteiger partial charge in [-0.1, -0.05) is 18.2 Å². The zero-order chi connectivity index (χ0) is 21.8. The molecular weight excluding hydrogens is 464 g/mol. The second-order valence-corrected chi connectivity index (χ2v) is 9.24. The molecule has 160 valence electrons. The number of rotatable bonds is 8. The van der Waals surface area contributed by atoms with Crippen LogP contribution in [0.3, 0.4) is 0 Å². The van der Waals surface area contributed by atoms with Crippen molar-refractivity contribution in [3.8, 4) is 5.75 Å². The van der Waals surface area contributed by atoms with Crippen molar-refractivity contribution < 1.29 is 14.6 Å². The molecular formula is C23H27BrN2O3S. The molecule has 5 nitrogen and oxygen atoms in total. The van der Waals surface area contributed by atoms with Crippen molar-refractivity contribution in [2.24, 2.45) is 7.05 Å². The van der Waals surface area contributed by atoms with E-state index in [1.807, 2.05) is 56.9 Å². The molecule has 0 spiro atoms. The lowest BCUT2D eigenvalue weighted by Gasteiger charge is -2.14. The Bertz CT molecular complexity index is 1050. The topological polar surface area (TPSA) is 54.7 Å². The predicted molar refractivity (Wildman–Crippen MR) is 127 cm³/mol. The van der Waals surface area contributed by atoms with Gasteiger partial charge in [-0.05, 0) is 61.6 Å². The fourth-order valence-corrected chi connectivity index (χ4v) is 4.97. The van der Waals surface area contributed by atoms with Crippen LogP contribution in [0, 0.1) is 0 Å². The highest BCUT2D eigenvalue weighted by molar-refractivity contribution is 9.10. The minimum atomic E-state index is -0.348. The standard InChI is InChI=1S/C23H27BrN2O3S/c1-5-29-23(28)21-19(14-30-15-9-7-6-8-10-15)26(4)18-13-17(24)22(27)16(20(18)21)11-12-25(2)3/h6-10,13,27H,5,11-12,14H2,1-4H3. The molecule has 0 amide bonds. The second kappa shape index (κ2) is 9.90. The lowest BCUT2D eigenvalue weighted by molar-refractivity contribution is 0.0527. The minimum Gasteiger partial charge on any atom is -0.506 e. The molecule has 30 heavy (non-hydrogen) atoms. The first-order valence-corrected chi connectivity index (χ1v) is 11.6. The van der Waals surface area contributed by atoms with E-state index in [0.717, 1.165) is 33.6 Å². The normalized spacial score (nSPS) is 11.4. The van der Waals surface area contributed by atoms with Gasteiger partial charge < -0.3 is 19.3 Å². The zero-order valence-electron chi connectivity index (χ0n) is 17.7. The van der Waals surface area contributed by atoms with E-state index in [1.54, 1.807) is 11.8 Å². The second-order valence-electron chi connectivity index (χ2n) is 7.34. The molecule has 1 heterocycles. The Morgan fingerprint density at radius 1 is 1.27 bits per heavy atom. The molecule has 3 rings (SSSR count). The summed E-state index contributed by atoms with van der Waals surface area (Å²) in [5.74, 6) is 0.455. The number of benzene rings is 2. The maximum Gasteiger partial charge on any atom is 0.340 e. The molecule has 0 aliphatic heterocycles. The van der Waals surface area contributed by atoms with E-state index in [0.29, 0.717) is 28.8 Å². The van der Waals surface area contributed by atoms with Crippen LogP contribution in [0.1, 0.15) is 28.5 Å². The third-order valence-electron chi connectivity index (χ3n) is 5.05. The average Bonchev–Trinajstić information content (AvgIpc) is 2.99. The molecule has 2 aromatic carbocycles. The Kier molecular flexibility index (Phi) is 7.50. The van der Waals surface area contributed by atoms with E-state index >= 15 is 0 Å². The van der Waals surface area contributed by atoms with Gasteiger partial charge in [0, 0.05) is 40.9 Å². The van der Waals surface area contributed by atoms with Gasteiger partial charge in [0.05, 0.1) is 22.2 Å². The van der Waals surface area contributed by atoms with Crippen LogP contribution >= 0.6 is 27.7 Å². The van der Waals surface area contributed by atoms with Crippen LogP contribution < -0.4 is 0 Å². The van der Waals surface area contributed by atoms with Crippen LogP contribution in [0.4, 0.5) is 0 Å². The van der Waals surface area contributed by atoms with Gasteiger partial charge in [-0.15, -0.1) is 11.8 Å². The Hall–Kier alpha value is -1.96. The molecule has 0 bridgehead atoms. The lowest BCUT2D eigenvalue weighted by atomic mass is 10.0. The van der Waals surface area contributed by atoms with Gasteiger partial charge in [-0.3, -0.25) is 0 Å². The van der Waals surface area contributed by atoms with Crippen molar-refractivity contribution in [3.05, 3.63) is 57.7 Å². The number of aromatic nitrogens is 1. The van der Waals surface area contributed by atoms with Gasteiger partial charge in [0.2, 0.25) is 0 Å². The smallest absolute Gasteiger partial charge is 0.340 e. The molecule has 0 aliphatic carbocycles. The average molecular weight is 491 g/mol. The fraction of sp³-hybridized carbons (Fsp3) is 0.348. The van der Waals surface area contributed by atoms with Crippen molar-refractivity contribution in [3.63, 3.8) is 0 Å². The predicted octanol–water partition coefficient (Wildman–Crippen LogP) is 5.22. The van der Waals surface area contributed by atoms with Crippen LogP contribution in [-0.2, 0) is 24.0 Å². The number of halogens is 1. The largest absolute Gasteiger partial charge is 0.506 e. The molecule has 0 aliphatic rings. The number of carbonyl (C=O) groups is 1. The van der Waals surface area contributed by atoms with E-state index in [2.05, 4.69) is 33.0 Å². The first-order chi connectivity index (χ1) is 14.3. The Labute approximate surface area is 190 Å². The number of nitrogens with zero attached hydrogens (tertiary/aromatic N) is 2. The summed E-state index contributed by atoms with van der Waals surface area (Å²) in [6, 6.07) is 12.0. The van der Waals surface area contributed by atoms with E-state index in [4.69, 9.17) is 4.74 Å². The summed E-state index contributed by atoms with van der Waals surface area (Å²) in [5, 5.41) is 11.6. The molecule has 0 fully saturated rings. The Balaban J connectivity index is 2.19. The fourth-order valence-electron chi connectivity index (χ4n) is 3.52. The summed E-state index contributed by atoms with van der Waals surface area (Å²) in [4.78, 5) is 16.2. The van der Waals surface area contributed by atoms with Crippen LogP contribution in [0.5, 0.6) is 5.75 Å². The van der Waals surface area contributed by atoms with Gasteiger partial charge in [-0.25, -0.2) is 4.79 Å². The van der Waals surface area contributed by atoms with E-state index < -0.39 is 0 Å². The van der Waals surface area contributed by atoms with E-state index in [-0.39, 0.29) is 11.7 Å². The molecule has 0 unspecified atom stereocenters. The number of esters is 1. The molecule has 7 heteroatoms. The van der Waals surface area contributed by atoms with Gasteiger partial charge in [0.25, 0.3) is 0 Å². The number of hydrogen-bond acceptors (Lipinski definition) is 5. The molecule has 0 atom stereocenters. The first-order valence-electron chi connectivity index (χ1n) is 9.86. The number of likely N-dealkylation sites (N-methyl/N-ethyl adjacent to an activating group) is 1. The monoisotopic (exact) mass is 490 g/mol. The molecule has 0 saturated carbocycles. The summed E-state index contributed by atoms with van der Waals surface area (Å²) in [6.07, 6.45) is 0.621. The number of ether oxygens (including phenoxy) is 1. The highest BCUT2D eigenvalue weighted by atomic mass is 79.9. The van der Waals surface area contributed by atoms with E-state index in [9.17, 15) is 9.90 Å². The van der Waals surface area contributed by atoms with Gasteiger partial charge in [-0.2, -0.15) is 0 Å². The van der Waals surface area contributed by atoms with Gasteiger partial charge in [0.1, 0.15) is 5.75 Å². The third kappa shape index (κ3) is 4.68. The highest BCUT2D eigenvalue weighted by Gasteiger charge is 2.27. The maximum absolute atomic E-state index is 13.0. The molecule has 0 saturated heterocycles. The number of phenols is 1.